The molecule has 1 aliphatic heterocycles. The first kappa shape index (κ1) is 19.5. The van der Waals surface area contributed by atoms with Crippen molar-refractivity contribution >= 4 is 12.6 Å². The van der Waals surface area contributed by atoms with Crippen LogP contribution in [0.15, 0.2) is 53.7 Å². The summed E-state index contributed by atoms with van der Waals surface area (Å²) < 4.78 is 16.7. The second-order valence-corrected chi connectivity index (χ2v) is 6.81. The summed E-state index contributed by atoms with van der Waals surface area (Å²) in [4.78, 5) is 10.5. The van der Waals surface area contributed by atoms with Gasteiger partial charge in [0.2, 0.25) is 0 Å². The van der Waals surface area contributed by atoms with Crippen LogP contribution in [0.1, 0.15) is 24.2 Å². The molecule has 1 heterocycles. The molecule has 0 spiro atoms. The Morgan fingerprint density at radius 2 is 1.96 bits per heavy atom. The van der Waals surface area contributed by atoms with Gasteiger partial charge in [-0.1, -0.05) is 47.6 Å². The highest BCUT2D eigenvalue weighted by Gasteiger charge is 2.38. The zero-order valence-electron chi connectivity index (χ0n) is 15.1. The topological polar surface area (TPSA) is 97.6 Å². The predicted octanol–water partition coefficient (Wildman–Crippen LogP) is 1.56. The summed E-state index contributed by atoms with van der Waals surface area (Å²) in [5, 5.41) is 23.5. The molecule has 2 aromatic carbocycles. The lowest BCUT2D eigenvalue weighted by atomic mass is 9.78. The molecule has 3 rings (SSSR count). The van der Waals surface area contributed by atoms with Gasteiger partial charge in [-0.15, -0.1) is 0 Å². The van der Waals surface area contributed by atoms with Crippen molar-refractivity contribution in [3.63, 3.8) is 0 Å². The third-order valence-corrected chi connectivity index (χ3v) is 4.29. The summed E-state index contributed by atoms with van der Waals surface area (Å²) in [6.07, 6.45) is -0.592. The lowest BCUT2D eigenvalue weighted by Gasteiger charge is -2.24. The Kier molecular flexibility index (Phi) is 6.23. The Hall–Kier alpha value is -2.26. The minimum atomic E-state index is -1.22. The quantitative estimate of drug-likeness (QED) is 0.513. The van der Waals surface area contributed by atoms with Crippen molar-refractivity contribution in [3.8, 4) is 5.75 Å². The minimum Gasteiger partial charge on any atom is -0.491 e. The molecule has 0 aliphatic carbocycles. The Morgan fingerprint density at radius 3 is 2.70 bits per heavy atom. The van der Waals surface area contributed by atoms with Crippen molar-refractivity contribution in [2.75, 3.05) is 19.8 Å². The molecule has 27 heavy (non-hydrogen) atoms. The van der Waals surface area contributed by atoms with Gasteiger partial charge in [0.1, 0.15) is 24.5 Å². The maximum absolute atomic E-state index is 10.5. The van der Waals surface area contributed by atoms with Crippen LogP contribution < -0.4 is 10.2 Å². The van der Waals surface area contributed by atoms with E-state index in [2.05, 4.69) is 5.18 Å². The molecule has 0 saturated carbocycles. The van der Waals surface area contributed by atoms with Crippen LogP contribution in [0.2, 0.25) is 0 Å². The van der Waals surface area contributed by atoms with E-state index < -0.39 is 18.8 Å². The monoisotopic (exact) mass is 371 g/mol. The number of nitrogens with zero attached hydrogens (tertiary/aromatic N) is 1. The van der Waals surface area contributed by atoms with Crippen molar-refractivity contribution in [1.82, 2.24) is 0 Å². The van der Waals surface area contributed by atoms with Gasteiger partial charge in [-0.2, -0.15) is 4.91 Å². The third-order valence-electron chi connectivity index (χ3n) is 4.29. The van der Waals surface area contributed by atoms with E-state index in [1.807, 2.05) is 30.3 Å². The highest BCUT2D eigenvalue weighted by Crippen LogP contribution is 2.28. The molecule has 2 unspecified atom stereocenters. The molecule has 142 valence electrons. The zero-order chi connectivity index (χ0) is 19.3. The maximum Gasteiger partial charge on any atom is 0.495 e. The molecule has 0 amide bonds. The summed E-state index contributed by atoms with van der Waals surface area (Å²) in [5.74, 6) is 0.400. The van der Waals surface area contributed by atoms with Crippen LogP contribution in [-0.2, 0) is 16.0 Å². The molecule has 0 saturated heterocycles. The summed E-state index contributed by atoms with van der Waals surface area (Å²) in [6, 6.07) is 14.9. The summed E-state index contributed by atoms with van der Waals surface area (Å²) in [7, 11) is -1.19. The molecule has 2 N–H and O–H groups in total. The average Bonchev–Trinajstić information content (AvgIpc) is 2.98. The average molecular weight is 371 g/mol. The largest absolute Gasteiger partial charge is 0.495 e. The van der Waals surface area contributed by atoms with E-state index >= 15 is 0 Å². The van der Waals surface area contributed by atoms with Gasteiger partial charge >= 0.3 is 7.12 Å². The summed E-state index contributed by atoms with van der Waals surface area (Å²) in [6.45, 7) is 1.99. The van der Waals surface area contributed by atoms with Gasteiger partial charge in [0.25, 0.3) is 0 Å². The Morgan fingerprint density at radius 1 is 1.19 bits per heavy atom. The standard InChI is InChI=1S/C19H22BNO6/c1-19(22,12-25-11-14-6-3-2-4-7-14)13-26-16-9-5-8-15-17(10-21-24)27-20(23)18(15)16/h2-9,17,22-23H,10-13H2,1H3. The van der Waals surface area contributed by atoms with Gasteiger partial charge in [0, 0.05) is 5.46 Å². The molecule has 2 aromatic rings. The molecule has 0 bridgehead atoms. The van der Waals surface area contributed by atoms with Gasteiger partial charge in [-0.05, 0) is 24.1 Å². The molecule has 1 aliphatic rings. The molecule has 0 fully saturated rings. The van der Waals surface area contributed by atoms with Gasteiger partial charge in [0.05, 0.1) is 19.3 Å². The first-order chi connectivity index (χ1) is 13.0. The lowest BCUT2D eigenvalue weighted by molar-refractivity contribution is -0.0635. The first-order valence-corrected chi connectivity index (χ1v) is 8.72. The molecule has 8 heteroatoms. The summed E-state index contributed by atoms with van der Waals surface area (Å²) in [5.41, 5.74) is 0.933. The number of hydrogen-bond donors (Lipinski definition) is 2. The van der Waals surface area contributed by atoms with Crippen molar-refractivity contribution < 1.29 is 24.3 Å². The Bertz CT molecular complexity index is 770. The van der Waals surface area contributed by atoms with Crippen molar-refractivity contribution in [3.05, 3.63) is 64.6 Å². The van der Waals surface area contributed by atoms with Crippen LogP contribution in [0.25, 0.3) is 0 Å². The van der Waals surface area contributed by atoms with Gasteiger partial charge < -0.3 is 24.3 Å². The molecule has 0 radical (unpaired) electrons. The van der Waals surface area contributed by atoms with E-state index in [1.165, 1.54) is 0 Å². The predicted molar refractivity (Wildman–Crippen MR) is 101 cm³/mol. The number of rotatable bonds is 9. The second-order valence-electron chi connectivity index (χ2n) is 6.81. The molecule has 0 aromatic heterocycles. The number of aliphatic hydroxyl groups is 1. The van der Waals surface area contributed by atoms with Crippen LogP contribution in [0.4, 0.5) is 0 Å². The third kappa shape index (κ3) is 4.93. The maximum atomic E-state index is 10.5. The Labute approximate surface area is 158 Å². The highest BCUT2D eigenvalue weighted by atomic mass is 16.5. The normalized spacial score (nSPS) is 18.0. The van der Waals surface area contributed by atoms with Crippen molar-refractivity contribution in [2.45, 2.75) is 25.2 Å². The summed E-state index contributed by atoms with van der Waals surface area (Å²) >= 11 is 0. The van der Waals surface area contributed by atoms with Crippen molar-refractivity contribution in [1.29, 1.82) is 0 Å². The van der Waals surface area contributed by atoms with E-state index in [1.54, 1.807) is 25.1 Å². The van der Waals surface area contributed by atoms with Crippen LogP contribution in [0, 0.1) is 4.91 Å². The first-order valence-electron chi connectivity index (χ1n) is 8.72. The van der Waals surface area contributed by atoms with E-state index in [9.17, 15) is 15.0 Å². The van der Waals surface area contributed by atoms with E-state index in [0.717, 1.165) is 5.56 Å². The van der Waals surface area contributed by atoms with Gasteiger partial charge in [-0.3, -0.25) is 0 Å². The SMILES string of the molecule is CC(O)(COCc1ccccc1)COc1cccc2c1B(O)OC2CN=O. The number of fused-ring (bicyclic) bond motifs is 1. The Balaban J connectivity index is 1.58. The smallest absolute Gasteiger partial charge is 0.491 e. The molecule has 2 atom stereocenters. The molecule has 7 nitrogen and oxygen atoms in total. The number of nitroso groups, excluding NO2 is 1. The van der Waals surface area contributed by atoms with Gasteiger partial charge in [-0.25, -0.2) is 0 Å². The molecular formula is C19H22BNO6. The van der Waals surface area contributed by atoms with E-state index in [0.29, 0.717) is 23.4 Å². The van der Waals surface area contributed by atoms with Crippen LogP contribution in [0.5, 0.6) is 5.75 Å². The van der Waals surface area contributed by atoms with E-state index in [-0.39, 0.29) is 19.8 Å². The lowest BCUT2D eigenvalue weighted by Crippen LogP contribution is -2.39. The fourth-order valence-electron chi connectivity index (χ4n) is 2.98. The number of benzene rings is 2. The van der Waals surface area contributed by atoms with Gasteiger partial charge in [0.15, 0.2) is 0 Å². The minimum absolute atomic E-state index is 0.0262. The van der Waals surface area contributed by atoms with Crippen LogP contribution in [0.3, 0.4) is 0 Å². The second kappa shape index (κ2) is 8.62. The fourth-order valence-corrected chi connectivity index (χ4v) is 2.98. The fraction of sp³-hybridized carbons (Fsp3) is 0.368. The zero-order valence-corrected chi connectivity index (χ0v) is 15.1. The van der Waals surface area contributed by atoms with Crippen LogP contribution in [-0.4, -0.2) is 42.6 Å². The van der Waals surface area contributed by atoms with Crippen LogP contribution >= 0.6 is 0 Å². The highest BCUT2D eigenvalue weighted by molar-refractivity contribution is 6.62. The van der Waals surface area contributed by atoms with E-state index in [4.69, 9.17) is 14.1 Å². The number of hydrogen-bond acceptors (Lipinski definition) is 7. The van der Waals surface area contributed by atoms with Crippen molar-refractivity contribution in [2.24, 2.45) is 5.18 Å². The number of ether oxygens (including phenoxy) is 2. The molecular weight excluding hydrogens is 349 g/mol.